The molecule has 0 amide bonds. The third kappa shape index (κ3) is 3.76. The molecule has 122 valence electrons. The van der Waals surface area contributed by atoms with Crippen molar-refractivity contribution in [3.05, 3.63) is 47.5 Å². The first-order chi connectivity index (χ1) is 11.0. The van der Waals surface area contributed by atoms with Crippen molar-refractivity contribution in [1.29, 1.82) is 0 Å². The second-order valence-electron chi connectivity index (χ2n) is 6.53. The van der Waals surface area contributed by atoms with Crippen molar-refractivity contribution in [1.82, 2.24) is 24.4 Å². The van der Waals surface area contributed by atoms with Gasteiger partial charge in [-0.3, -0.25) is 4.90 Å². The van der Waals surface area contributed by atoms with Crippen LogP contribution in [0.15, 0.2) is 29.0 Å². The summed E-state index contributed by atoms with van der Waals surface area (Å²) in [4.78, 5) is 11.3. The lowest BCUT2D eigenvalue weighted by Crippen LogP contribution is -2.17. The van der Waals surface area contributed by atoms with Gasteiger partial charge in [-0.05, 0) is 31.5 Å². The average Bonchev–Trinajstić information content (AvgIpc) is 3.05. The third-order valence-electron chi connectivity index (χ3n) is 3.67. The van der Waals surface area contributed by atoms with Crippen molar-refractivity contribution in [2.24, 2.45) is 5.92 Å². The topological polar surface area (TPSA) is 59.5 Å². The van der Waals surface area contributed by atoms with Crippen LogP contribution in [0.3, 0.4) is 0 Å². The van der Waals surface area contributed by atoms with Crippen LogP contribution in [0.25, 0.3) is 5.65 Å². The number of fused-ring (bicyclic) bond motifs is 1. The molecular weight excluding hydrogens is 290 g/mol. The zero-order chi connectivity index (χ0) is 16.4. The van der Waals surface area contributed by atoms with Crippen LogP contribution in [-0.4, -0.2) is 31.5 Å². The van der Waals surface area contributed by atoms with Gasteiger partial charge >= 0.3 is 0 Å². The van der Waals surface area contributed by atoms with Crippen molar-refractivity contribution in [2.45, 2.75) is 40.3 Å². The fourth-order valence-corrected chi connectivity index (χ4v) is 2.65. The van der Waals surface area contributed by atoms with Gasteiger partial charge in [-0.25, -0.2) is 4.98 Å². The van der Waals surface area contributed by atoms with Crippen molar-refractivity contribution in [3.63, 3.8) is 0 Å². The Bertz CT molecular complexity index is 789. The zero-order valence-electron chi connectivity index (χ0n) is 14.2. The maximum absolute atomic E-state index is 5.32. The monoisotopic (exact) mass is 313 g/mol. The Morgan fingerprint density at radius 3 is 2.83 bits per heavy atom. The summed E-state index contributed by atoms with van der Waals surface area (Å²) in [6.07, 6.45) is 4.94. The highest BCUT2D eigenvalue weighted by atomic mass is 16.5. The summed E-state index contributed by atoms with van der Waals surface area (Å²) in [5, 5.41) is 4.03. The van der Waals surface area contributed by atoms with Gasteiger partial charge < -0.3 is 8.92 Å². The average molecular weight is 313 g/mol. The fourth-order valence-electron chi connectivity index (χ4n) is 2.65. The van der Waals surface area contributed by atoms with Gasteiger partial charge in [-0.2, -0.15) is 4.98 Å². The van der Waals surface area contributed by atoms with E-state index in [4.69, 9.17) is 9.51 Å². The van der Waals surface area contributed by atoms with E-state index in [-0.39, 0.29) is 0 Å². The molecule has 0 spiro atoms. The Hall–Kier alpha value is -2.21. The van der Waals surface area contributed by atoms with Crippen LogP contribution in [0.1, 0.15) is 36.8 Å². The molecular formula is C17H23N5O. The third-order valence-corrected chi connectivity index (χ3v) is 3.67. The summed E-state index contributed by atoms with van der Waals surface area (Å²) < 4.78 is 7.38. The molecule has 0 radical (unpaired) electrons. The predicted molar refractivity (Wildman–Crippen MR) is 87.9 cm³/mol. The molecule has 3 rings (SSSR count). The molecule has 0 unspecified atom stereocenters. The Morgan fingerprint density at radius 1 is 1.26 bits per heavy atom. The number of aromatic nitrogens is 4. The first kappa shape index (κ1) is 15.7. The number of pyridine rings is 1. The van der Waals surface area contributed by atoms with Gasteiger partial charge in [0.1, 0.15) is 5.65 Å². The normalized spacial score (nSPS) is 11.9. The van der Waals surface area contributed by atoms with E-state index >= 15 is 0 Å². The van der Waals surface area contributed by atoms with Crippen LogP contribution in [0.2, 0.25) is 0 Å². The van der Waals surface area contributed by atoms with Crippen molar-refractivity contribution in [2.75, 3.05) is 7.05 Å². The molecule has 0 saturated heterocycles. The predicted octanol–water partition coefficient (Wildman–Crippen LogP) is 2.86. The highest BCUT2D eigenvalue weighted by molar-refractivity contribution is 5.47. The molecule has 0 aromatic carbocycles. The summed E-state index contributed by atoms with van der Waals surface area (Å²) in [7, 11) is 2.03. The smallest absolute Gasteiger partial charge is 0.240 e. The molecule has 0 aliphatic carbocycles. The minimum Gasteiger partial charge on any atom is -0.338 e. The molecule has 0 fully saturated rings. The van der Waals surface area contributed by atoms with E-state index in [2.05, 4.69) is 52.5 Å². The van der Waals surface area contributed by atoms with E-state index in [1.807, 2.05) is 19.3 Å². The van der Waals surface area contributed by atoms with Crippen LogP contribution >= 0.6 is 0 Å². The Labute approximate surface area is 136 Å². The minimum atomic E-state index is 0.527. The standard InChI is InChI=1S/C17H23N5O/c1-12(2)8-15-19-16(23-20-15)11-21(4)9-14-10-22-7-5-6-13(3)17(22)18-14/h5-7,10,12H,8-9,11H2,1-4H3. The molecule has 0 aliphatic rings. The van der Waals surface area contributed by atoms with E-state index < -0.39 is 0 Å². The Kier molecular flexibility index (Phi) is 4.43. The first-order valence-corrected chi connectivity index (χ1v) is 7.94. The van der Waals surface area contributed by atoms with Gasteiger partial charge in [0.15, 0.2) is 5.82 Å². The highest BCUT2D eigenvalue weighted by Crippen LogP contribution is 2.12. The van der Waals surface area contributed by atoms with Gasteiger partial charge in [-0.15, -0.1) is 0 Å². The van der Waals surface area contributed by atoms with Gasteiger partial charge in [0, 0.05) is 25.4 Å². The zero-order valence-corrected chi connectivity index (χ0v) is 14.2. The molecule has 0 saturated carbocycles. The minimum absolute atomic E-state index is 0.527. The quantitative estimate of drug-likeness (QED) is 0.700. The van der Waals surface area contributed by atoms with Gasteiger partial charge in [-0.1, -0.05) is 25.1 Å². The van der Waals surface area contributed by atoms with Crippen LogP contribution in [0.5, 0.6) is 0 Å². The maximum atomic E-state index is 5.32. The second kappa shape index (κ2) is 6.50. The summed E-state index contributed by atoms with van der Waals surface area (Å²) in [6.45, 7) is 7.73. The largest absolute Gasteiger partial charge is 0.338 e. The lowest BCUT2D eigenvalue weighted by Gasteiger charge is -2.11. The summed E-state index contributed by atoms with van der Waals surface area (Å²) in [5.74, 6) is 1.97. The molecule has 3 aromatic heterocycles. The van der Waals surface area contributed by atoms with Gasteiger partial charge in [0.05, 0.1) is 12.2 Å². The van der Waals surface area contributed by atoms with Gasteiger partial charge in [0.25, 0.3) is 0 Å². The molecule has 6 heteroatoms. The molecule has 0 aliphatic heterocycles. The van der Waals surface area contributed by atoms with E-state index in [1.54, 1.807) is 0 Å². The number of hydrogen-bond donors (Lipinski definition) is 0. The molecule has 23 heavy (non-hydrogen) atoms. The van der Waals surface area contributed by atoms with Crippen molar-refractivity contribution < 1.29 is 4.52 Å². The van der Waals surface area contributed by atoms with E-state index in [0.29, 0.717) is 18.4 Å². The Morgan fingerprint density at radius 2 is 2.09 bits per heavy atom. The van der Waals surface area contributed by atoms with E-state index in [0.717, 1.165) is 30.1 Å². The molecule has 0 bridgehead atoms. The lowest BCUT2D eigenvalue weighted by molar-refractivity contribution is 0.258. The number of hydrogen-bond acceptors (Lipinski definition) is 5. The van der Waals surface area contributed by atoms with Gasteiger partial charge in [0.2, 0.25) is 5.89 Å². The number of imidazole rings is 1. The van der Waals surface area contributed by atoms with Crippen molar-refractivity contribution >= 4 is 5.65 Å². The summed E-state index contributed by atoms with van der Waals surface area (Å²) in [6, 6.07) is 4.11. The van der Waals surface area contributed by atoms with E-state index in [9.17, 15) is 0 Å². The number of aryl methyl sites for hydroxylation is 1. The number of rotatable bonds is 6. The molecule has 0 N–H and O–H groups in total. The second-order valence-corrected chi connectivity index (χ2v) is 6.53. The van der Waals surface area contributed by atoms with E-state index in [1.165, 1.54) is 5.56 Å². The number of nitrogens with zero attached hydrogens (tertiary/aromatic N) is 5. The van der Waals surface area contributed by atoms with Crippen LogP contribution in [-0.2, 0) is 19.5 Å². The maximum Gasteiger partial charge on any atom is 0.240 e. The SMILES string of the molecule is Cc1cccn2cc(CN(C)Cc3nc(CC(C)C)no3)nc12. The van der Waals surface area contributed by atoms with Crippen LogP contribution in [0, 0.1) is 12.8 Å². The van der Waals surface area contributed by atoms with Crippen molar-refractivity contribution in [3.8, 4) is 0 Å². The van der Waals surface area contributed by atoms with Crippen LogP contribution in [0.4, 0.5) is 0 Å². The molecule has 0 atom stereocenters. The highest BCUT2D eigenvalue weighted by Gasteiger charge is 2.12. The lowest BCUT2D eigenvalue weighted by atomic mass is 10.1. The summed E-state index contributed by atoms with van der Waals surface area (Å²) in [5.41, 5.74) is 3.22. The van der Waals surface area contributed by atoms with Crippen LogP contribution < -0.4 is 0 Å². The molecule has 6 nitrogen and oxygen atoms in total. The fraction of sp³-hybridized carbons (Fsp3) is 0.471. The molecule has 3 heterocycles. The first-order valence-electron chi connectivity index (χ1n) is 7.94. The summed E-state index contributed by atoms with van der Waals surface area (Å²) >= 11 is 0. The Balaban J connectivity index is 1.65. The molecule has 3 aromatic rings.